The van der Waals surface area contributed by atoms with E-state index in [0.29, 0.717) is 49.5 Å². The third-order valence-corrected chi connectivity index (χ3v) is 5.84. The summed E-state index contributed by atoms with van der Waals surface area (Å²) in [5.74, 6) is 1.69. The molecule has 1 atom stereocenters. The van der Waals surface area contributed by atoms with Crippen molar-refractivity contribution in [2.24, 2.45) is 0 Å². The normalized spacial score (nSPS) is 19.8. The van der Waals surface area contributed by atoms with Crippen LogP contribution < -0.4 is 0 Å². The van der Waals surface area contributed by atoms with Gasteiger partial charge in [0, 0.05) is 38.3 Å². The Morgan fingerprint density at radius 1 is 1.13 bits per heavy atom. The van der Waals surface area contributed by atoms with Crippen LogP contribution in [0.25, 0.3) is 22.7 Å². The molecule has 1 amide bonds. The Morgan fingerprint density at radius 2 is 1.94 bits per heavy atom. The van der Waals surface area contributed by atoms with Gasteiger partial charge in [-0.05, 0) is 19.8 Å². The zero-order valence-electron chi connectivity index (χ0n) is 17.5. The summed E-state index contributed by atoms with van der Waals surface area (Å²) in [6.45, 7) is 5.96. The Balaban J connectivity index is 1.24. The Morgan fingerprint density at radius 3 is 2.68 bits per heavy atom. The van der Waals surface area contributed by atoms with Gasteiger partial charge in [-0.25, -0.2) is 0 Å². The van der Waals surface area contributed by atoms with E-state index in [0.717, 1.165) is 37.1 Å². The van der Waals surface area contributed by atoms with E-state index in [1.165, 1.54) is 0 Å². The molecule has 5 rings (SSSR count). The first-order valence-electron chi connectivity index (χ1n) is 10.7. The molecule has 1 aromatic carbocycles. The number of piperazine rings is 1. The van der Waals surface area contributed by atoms with Crippen LogP contribution in [0.1, 0.15) is 24.5 Å². The van der Waals surface area contributed by atoms with Crippen molar-refractivity contribution in [1.29, 1.82) is 0 Å². The van der Waals surface area contributed by atoms with Gasteiger partial charge >= 0.3 is 0 Å². The number of nitrogens with zero attached hydrogens (tertiary/aromatic N) is 5. The summed E-state index contributed by atoms with van der Waals surface area (Å²) in [7, 11) is 0. The molecule has 0 N–H and O–H groups in total. The van der Waals surface area contributed by atoms with Crippen LogP contribution in [-0.2, 0) is 16.1 Å². The Hall–Kier alpha value is -3.04. The van der Waals surface area contributed by atoms with Gasteiger partial charge < -0.3 is 18.6 Å². The summed E-state index contributed by atoms with van der Waals surface area (Å²) in [6, 6.07) is 9.79. The highest BCUT2D eigenvalue weighted by molar-refractivity contribution is 5.81. The van der Waals surface area contributed by atoms with Crippen LogP contribution in [0.15, 0.2) is 39.3 Å². The number of carbonyl (C=O) groups excluding carboxylic acids is 1. The highest BCUT2D eigenvalue weighted by atomic mass is 16.5. The number of hydrogen-bond donors (Lipinski definition) is 0. The molecule has 0 radical (unpaired) electrons. The van der Waals surface area contributed by atoms with E-state index >= 15 is 0 Å². The fraction of sp³-hybridized carbons (Fsp3) is 0.455. The lowest BCUT2D eigenvalue weighted by molar-refractivity contribution is -0.142. The predicted octanol–water partition coefficient (Wildman–Crippen LogP) is 2.52. The number of amides is 1. The molecule has 9 nitrogen and oxygen atoms in total. The molecule has 1 unspecified atom stereocenters. The van der Waals surface area contributed by atoms with Gasteiger partial charge in [0.2, 0.25) is 5.89 Å². The first-order chi connectivity index (χ1) is 15.2. The van der Waals surface area contributed by atoms with Crippen molar-refractivity contribution in [1.82, 2.24) is 25.2 Å². The SMILES string of the molecule is Cc1onc(-c2ccccc2)c1-c1nnc(CN2CCN(C(=O)C3CCCO3)CC2)o1. The lowest BCUT2D eigenvalue weighted by Gasteiger charge is -2.35. The Bertz CT molecular complexity index is 1030. The van der Waals surface area contributed by atoms with Gasteiger partial charge in [0.15, 0.2) is 0 Å². The number of rotatable bonds is 5. The number of ether oxygens (including phenoxy) is 1. The lowest BCUT2D eigenvalue weighted by atomic mass is 10.1. The first-order valence-corrected chi connectivity index (χ1v) is 10.7. The Kier molecular flexibility index (Phi) is 5.52. The molecular weight excluding hydrogens is 398 g/mol. The molecular formula is C22H25N5O4. The standard InChI is InChI=1S/C22H25N5O4/c1-15-19(20(25-31-15)16-6-3-2-4-7-16)21-24-23-18(30-21)14-26-9-11-27(12-10-26)22(28)17-8-5-13-29-17/h2-4,6-7,17H,5,8-14H2,1H3. The van der Waals surface area contributed by atoms with Crippen LogP contribution in [0.5, 0.6) is 0 Å². The molecule has 2 fully saturated rings. The third kappa shape index (κ3) is 4.11. The molecule has 0 spiro atoms. The van der Waals surface area contributed by atoms with Crippen LogP contribution >= 0.6 is 0 Å². The van der Waals surface area contributed by atoms with Crippen LogP contribution in [0.3, 0.4) is 0 Å². The van der Waals surface area contributed by atoms with Crippen LogP contribution in [0, 0.1) is 6.92 Å². The van der Waals surface area contributed by atoms with Gasteiger partial charge in [0.05, 0.1) is 6.54 Å². The molecule has 2 saturated heterocycles. The Labute approximate surface area is 180 Å². The van der Waals surface area contributed by atoms with Crippen molar-refractivity contribution in [2.45, 2.75) is 32.4 Å². The van der Waals surface area contributed by atoms with Gasteiger partial charge in [0.25, 0.3) is 11.8 Å². The quantitative estimate of drug-likeness (QED) is 0.618. The average molecular weight is 423 g/mol. The number of benzene rings is 1. The van der Waals surface area contributed by atoms with Crippen molar-refractivity contribution in [3.8, 4) is 22.7 Å². The van der Waals surface area contributed by atoms with Gasteiger partial charge in [-0.2, -0.15) is 0 Å². The monoisotopic (exact) mass is 423 g/mol. The van der Waals surface area contributed by atoms with Gasteiger partial charge in [-0.1, -0.05) is 35.5 Å². The van der Waals surface area contributed by atoms with Gasteiger partial charge in [0.1, 0.15) is 23.1 Å². The van der Waals surface area contributed by atoms with Crippen molar-refractivity contribution in [3.63, 3.8) is 0 Å². The number of hydrogen-bond acceptors (Lipinski definition) is 8. The molecule has 2 aromatic heterocycles. The van der Waals surface area contributed by atoms with Crippen molar-refractivity contribution < 1.29 is 18.5 Å². The summed E-state index contributed by atoms with van der Waals surface area (Å²) >= 11 is 0. The van der Waals surface area contributed by atoms with E-state index in [1.54, 1.807) is 0 Å². The number of aromatic nitrogens is 3. The molecule has 31 heavy (non-hydrogen) atoms. The van der Waals surface area contributed by atoms with Crippen molar-refractivity contribution in [3.05, 3.63) is 42.0 Å². The van der Waals surface area contributed by atoms with Crippen molar-refractivity contribution >= 4 is 5.91 Å². The van der Waals surface area contributed by atoms with Crippen LogP contribution in [0.4, 0.5) is 0 Å². The average Bonchev–Trinajstić information content (AvgIpc) is 3.56. The van der Waals surface area contributed by atoms with Gasteiger partial charge in [-0.15, -0.1) is 10.2 Å². The minimum Gasteiger partial charge on any atom is -0.419 e. The second-order valence-corrected chi connectivity index (χ2v) is 7.93. The molecule has 0 aliphatic carbocycles. The van der Waals surface area contributed by atoms with E-state index in [4.69, 9.17) is 13.7 Å². The maximum absolute atomic E-state index is 12.5. The number of carbonyl (C=O) groups is 1. The smallest absolute Gasteiger partial charge is 0.253 e. The zero-order valence-corrected chi connectivity index (χ0v) is 17.5. The molecule has 9 heteroatoms. The number of aryl methyl sites for hydroxylation is 1. The largest absolute Gasteiger partial charge is 0.419 e. The van der Waals surface area contributed by atoms with Crippen molar-refractivity contribution in [2.75, 3.05) is 32.8 Å². The summed E-state index contributed by atoms with van der Waals surface area (Å²) in [5, 5.41) is 12.7. The van der Waals surface area contributed by atoms with E-state index in [-0.39, 0.29) is 12.0 Å². The maximum atomic E-state index is 12.5. The summed E-state index contributed by atoms with van der Waals surface area (Å²) < 4.78 is 16.9. The van der Waals surface area contributed by atoms with Crippen LogP contribution in [-0.4, -0.2) is 70.0 Å². The second kappa shape index (κ2) is 8.60. The molecule has 0 bridgehead atoms. The van der Waals surface area contributed by atoms with E-state index in [2.05, 4.69) is 20.3 Å². The topological polar surface area (TPSA) is 97.7 Å². The molecule has 4 heterocycles. The maximum Gasteiger partial charge on any atom is 0.253 e. The van der Waals surface area contributed by atoms with E-state index < -0.39 is 0 Å². The fourth-order valence-electron chi connectivity index (χ4n) is 4.13. The minimum atomic E-state index is -0.254. The fourth-order valence-corrected chi connectivity index (χ4v) is 4.13. The summed E-state index contributed by atoms with van der Waals surface area (Å²) in [6.07, 6.45) is 1.54. The highest BCUT2D eigenvalue weighted by Crippen LogP contribution is 2.33. The molecule has 2 aliphatic heterocycles. The van der Waals surface area contributed by atoms with Crippen LogP contribution in [0.2, 0.25) is 0 Å². The second-order valence-electron chi connectivity index (χ2n) is 7.93. The lowest BCUT2D eigenvalue weighted by Crippen LogP contribution is -2.51. The molecule has 3 aromatic rings. The van der Waals surface area contributed by atoms with E-state index in [9.17, 15) is 4.79 Å². The molecule has 2 aliphatic rings. The summed E-state index contributed by atoms with van der Waals surface area (Å²) in [4.78, 5) is 16.6. The molecule has 0 saturated carbocycles. The van der Waals surface area contributed by atoms with Gasteiger partial charge in [-0.3, -0.25) is 9.69 Å². The minimum absolute atomic E-state index is 0.119. The highest BCUT2D eigenvalue weighted by Gasteiger charge is 2.31. The first kappa shape index (κ1) is 19.9. The molecule has 162 valence electrons. The third-order valence-electron chi connectivity index (χ3n) is 5.84. The summed E-state index contributed by atoms with van der Waals surface area (Å²) in [5.41, 5.74) is 2.34. The zero-order chi connectivity index (χ0) is 21.2. The predicted molar refractivity (Wildman–Crippen MR) is 111 cm³/mol. The van der Waals surface area contributed by atoms with E-state index in [1.807, 2.05) is 42.2 Å².